The van der Waals surface area contributed by atoms with Crippen LogP contribution in [0.2, 0.25) is 0 Å². The van der Waals surface area contributed by atoms with Gasteiger partial charge in [0, 0.05) is 25.4 Å². The Hall–Kier alpha value is -1.43. The lowest BCUT2D eigenvalue weighted by Crippen LogP contribution is -2.44. The van der Waals surface area contributed by atoms with Crippen molar-refractivity contribution in [2.75, 3.05) is 32.6 Å². The van der Waals surface area contributed by atoms with Crippen molar-refractivity contribution in [3.8, 4) is 0 Å². The molecule has 1 fully saturated rings. The first-order chi connectivity index (χ1) is 10.1. The molecular weight excluding hydrogens is 266 g/mol. The summed E-state index contributed by atoms with van der Waals surface area (Å²) in [6, 6.07) is 7.43. The highest BCUT2D eigenvalue weighted by Crippen LogP contribution is 2.19. The van der Waals surface area contributed by atoms with Crippen molar-refractivity contribution in [3.05, 3.63) is 29.8 Å². The minimum Gasteiger partial charge on any atom is -0.381 e. The van der Waals surface area contributed by atoms with Crippen LogP contribution in [0.3, 0.4) is 0 Å². The van der Waals surface area contributed by atoms with E-state index in [0.717, 1.165) is 30.6 Å². The minimum atomic E-state index is -0.466. The maximum Gasteiger partial charge on any atom is 0.241 e. The second-order valence-corrected chi connectivity index (χ2v) is 5.90. The number of hydrogen-bond acceptors (Lipinski definition) is 4. The number of rotatable bonds is 5. The molecule has 116 valence electrons. The molecule has 2 rings (SSSR count). The topological polar surface area (TPSA) is 67.6 Å². The molecule has 21 heavy (non-hydrogen) atoms. The Morgan fingerprint density at radius 1 is 1.43 bits per heavy atom. The molecular formula is C16H25N3O2. The van der Waals surface area contributed by atoms with Gasteiger partial charge < -0.3 is 20.7 Å². The number of carbonyl (C=O) groups excluding carboxylic acids is 1. The predicted molar refractivity (Wildman–Crippen MR) is 84.0 cm³/mol. The highest BCUT2D eigenvalue weighted by atomic mass is 16.5. The van der Waals surface area contributed by atoms with Gasteiger partial charge in [0.05, 0.1) is 6.04 Å². The van der Waals surface area contributed by atoms with Gasteiger partial charge in [-0.3, -0.25) is 4.79 Å². The number of nitrogens with two attached hydrogens (primary N) is 1. The van der Waals surface area contributed by atoms with Gasteiger partial charge in [0.25, 0.3) is 0 Å². The number of carbonyl (C=O) groups is 1. The molecule has 1 aliphatic heterocycles. The van der Waals surface area contributed by atoms with E-state index in [4.69, 9.17) is 10.5 Å². The van der Waals surface area contributed by atoms with E-state index in [9.17, 15) is 4.79 Å². The average molecular weight is 291 g/mol. The summed E-state index contributed by atoms with van der Waals surface area (Å²) in [6.07, 6.45) is 1.71. The van der Waals surface area contributed by atoms with Gasteiger partial charge >= 0.3 is 0 Å². The van der Waals surface area contributed by atoms with Crippen molar-refractivity contribution in [2.45, 2.75) is 25.4 Å². The van der Waals surface area contributed by atoms with Crippen molar-refractivity contribution in [1.82, 2.24) is 4.90 Å². The van der Waals surface area contributed by atoms with Gasteiger partial charge in [0.15, 0.2) is 0 Å². The monoisotopic (exact) mass is 291 g/mol. The lowest BCUT2D eigenvalue weighted by Gasteiger charge is -2.26. The Kier molecular flexibility index (Phi) is 5.73. The van der Waals surface area contributed by atoms with Crippen LogP contribution in [0.5, 0.6) is 0 Å². The van der Waals surface area contributed by atoms with E-state index in [1.54, 1.807) is 0 Å². The van der Waals surface area contributed by atoms with Crippen LogP contribution in [0.4, 0.5) is 5.69 Å². The molecule has 5 nitrogen and oxygen atoms in total. The fourth-order valence-corrected chi connectivity index (χ4v) is 2.63. The normalized spacial score (nSPS) is 17.7. The number of hydrogen-bond donors (Lipinski definition) is 2. The van der Waals surface area contributed by atoms with Crippen molar-refractivity contribution in [1.29, 1.82) is 0 Å². The molecule has 1 saturated heterocycles. The van der Waals surface area contributed by atoms with Crippen LogP contribution in [0, 0.1) is 5.92 Å². The van der Waals surface area contributed by atoms with E-state index in [-0.39, 0.29) is 11.8 Å². The maximum atomic E-state index is 12.3. The Labute approximate surface area is 126 Å². The van der Waals surface area contributed by atoms with E-state index in [1.807, 2.05) is 38.4 Å². The number of benzene rings is 1. The third-order valence-electron chi connectivity index (χ3n) is 3.77. The molecule has 1 unspecified atom stereocenters. The molecule has 0 saturated carbocycles. The largest absolute Gasteiger partial charge is 0.381 e. The average Bonchev–Trinajstić information content (AvgIpc) is 2.47. The summed E-state index contributed by atoms with van der Waals surface area (Å²) < 4.78 is 5.31. The Balaban J connectivity index is 1.95. The number of ether oxygens (including phenoxy) is 1. The summed E-state index contributed by atoms with van der Waals surface area (Å²) >= 11 is 0. The van der Waals surface area contributed by atoms with Crippen LogP contribution in [-0.2, 0) is 16.1 Å². The van der Waals surface area contributed by atoms with Gasteiger partial charge in [-0.15, -0.1) is 0 Å². The van der Waals surface area contributed by atoms with Crippen molar-refractivity contribution in [3.63, 3.8) is 0 Å². The SMILES string of the molecule is CN(C)Cc1cccc(NC(=O)C(N)C2CCOCC2)c1. The number of nitrogens with zero attached hydrogens (tertiary/aromatic N) is 1. The van der Waals surface area contributed by atoms with Gasteiger partial charge in [-0.2, -0.15) is 0 Å². The maximum absolute atomic E-state index is 12.3. The number of nitrogens with one attached hydrogen (secondary N) is 1. The smallest absolute Gasteiger partial charge is 0.241 e. The van der Waals surface area contributed by atoms with E-state index in [0.29, 0.717) is 13.2 Å². The van der Waals surface area contributed by atoms with Gasteiger partial charge in [-0.1, -0.05) is 12.1 Å². The fourth-order valence-electron chi connectivity index (χ4n) is 2.63. The molecule has 3 N–H and O–H groups in total. The minimum absolute atomic E-state index is 0.107. The molecule has 5 heteroatoms. The van der Waals surface area contributed by atoms with Gasteiger partial charge in [0.2, 0.25) is 5.91 Å². The second-order valence-electron chi connectivity index (χ2n) is 5.90. The summed E-state index contributed by atoms with van der Waals surface area (Å²) in [7, 11) is 4.04. The van der Waals surface area contributed by atoms with Gasteiger partial charge in [0.1, 0.15) is 0 Å². The summed E-state index contributed by atoms with van der Waals surface area (Å²) in [5, 5.41) is 2.93. The molecule has 0 bridgehead atoms. The zero-order valence-electron chi connectivity index (χ0n) is 12.8. The van der Waals surface area contributed by atoms with Crippen LogP contribution in [0.25, 0.3) is 0 Å². The lowest BCUT2D eigenvalue weighted by molar-refractivity contribution is -0.119. The summed E-state index contributed by atoms with van der Waals surface area (Å²) in [5.74, 6) is 0.104. The fraction of sp³-hybridized carbons (Fsp3) is 0.562. The predicted octanol–water partition coefficient (Wildman–Crippen LogP) is 1.44. The van der Waals surface area contributed by atoms with Crippen molar-refractivity contribution < 1.29 is 9.53 Å². The Bertz CT molecular complexity index is 470. The van der Waals surface area contributed by atoms with Crippen LogP contribution in [0.15, 0.2) is 24.3 Å². The molecule has 0 aliphatic carbocycles. The zero-order chi connectivity index (χ0) is 15.2. The molecule has 0 aromatic heterocycles. The third-order valence-corrected chi connectivity index (χ3v) is 3.77. The highest BCUT2D eigenvalue weighted by Gasteiger charge is 2.26. The number of amides is 1. The van der Waals surface area contributed by atoms with E-state index in [1.165, 1.54) is 0 Å². The van der Waals surface area contributed by atoms with Gasteiger partial charge in [-0.25, -0.2) is 0 Å². The summed E-state index contributed by atoms with van der Waals surface area (Å²) in [6.45, 7) is 2.24. The quantitative estimate of drug-likeness (QED) is 0.861. The first-order valence-corrected chi connectivity index (χ1v) is 7.44. The summed E-state index contributed by atoms with van der Waals surface area (Å²) in [4.78, 5) is 14.3. The number of anilines is 1. The molecule has 1 aliphatic rings. The molecule has 0 spiro atoms. The molecule has 0 radical (unpaired) electrons. The first-order valence-electron chi connectivity index (χ1n) is 7.44. The molecule has 1 aromatic rings. The Morgan fingerprint density at radius 3 is 2.81 bits per heavy atom. The Morgan fingerprint density at radius 2 is 2.14 bits per heavy atom. The first kappa shape index (κ1) is 15.9. The molecule has 1 atom stereocenters. The van der Waals surface area contributed by atoms with Crippen LogP contribution >= 0.6 is 0 Å². The van der Waals surface area contributed by atoms with Crippen molar-refractivity contribution >= 4 is 11.6 Å². The standard InChI is InChI=1S/C16H25N3O2/c1-19(2)11-12-4-3-5-14(10-12)18-16(20)15(17)13-6-8-21-9-7-13/h3-5,10,13,15H,6-9,11,17H2,1-2H3,(H,18,20). The van der Waals surface area contributed by atoms with Crippen LogP contribution in [-0.4, -0.2) is 44.2 Å². The van der Waals surface area contributed by atoms with Crippen LogP contribution < -0.4 is 11.1 Å². The summed E-state index contributed by atoms with van der Waals surface area (Å²) in [5.41, 5.74) is 8.05. The van der Waals surface area contributed by atoms with E-state index in [2.05, 4.69) is 10.2 Å². The van der Waals surface area contributed by atoms with E-state index >= 15 is 0 Å². The van der Waals surface area contributed by atoms with Gasteiger partial charge in [-0.05, 0) is 50.6 Å². The second kappa shape index (κ2) is 7.54. The van der Waals surface area contributed by atoms with Crippen molar-refractivity contribution in [2.24, 2.45) is 11.7 Å². The highest BCUT2D eigenvalue weighted by molar-refractivity contribution is 5.94. The van der Waals surface area contributed by atoms with E-state index < -0.39 is 6.04 Å². The molecule has 1 amide bonds. The third kappa shape index (κ3) is 4.81. The van der Waals surface area contributed by atoms with Crippen LogP contribution in [0.1, 0.15) is 18.4 Å². The molecule has 1 aromatic carbocycles. The lowest BCUT2D eigenvalue weighted by atomic mass is 9.92. The zero-order valence-corrected chi connectivity index (χ0v) is 12.8. The molecule has 1 heterocycles.